The van der Waals surface area contributed by atoms with Crippen LogP contribution in [0.2, 0.25) is 0 Å². The van der Waals surface area contributed by atoms with Crippen LogP contribution in [0.25, 0.3) is 0 Å². The van der Waals surface area contributed by atoms with Crippen molar-refractivity contribution in [1.29, 1.82) is 0 Å². The fourth-order valence-electron chi connectivity index (χ4n) is 5.18. The van der Waals surface area contributed by atoms with Crippen molar-refractivity contribution in [2.45, 2.75) is 45.1 Å². The van der Waals surface area contributed by atoms with Crippen LogP contribution in [0.3, 0.4) is 0 Å². The summed E-state index contributed by atoms with van der Waals surface area (Å²) in [6.45, 7) is 2.11. The van der Waals surface area contributed by atoms with Gasteiger partial charge in [-0.3, -0.25) is 4.68 Å². The highest BCUT2D eigenvalue weighted by Gasteiger charge is 2.53. The van der Waals surface area contributed by atoms with Crippen molar-refractivity contribution >= 4 is 5.69 Å². The van der Waals surface area contributed by atoms with E-state index in [1.165, 1.54) is 37.8 Å². The molecule has 4 rings (SSSR count). The van der Waals surface area contributed by atoms with E-state index < -0.39 is 0 Å². The third-order valence-corrected chi connectivity index (χ3v) is 5.78. The molecule has 1 aromatic heterocycles. The van der Waals surface area contributed by atoms with Crippen LogP contribution >= 0.6 is 0 Å². The molecule has 1 heterocycles. The quantitative estimate of drug-likeness (QED) is 0.868. The average Bonchev–Trinajstić information content (AvgIpc) is 3.02. The van der Waals surface area contributed by atoms with E-state index in [4.69, 9.17) is 0 Å². The second kappa shape index (κ2) is 3.75. The first-order valence-electron chi connectivity index (χ1n) is 7.49. The van der Waals surface area contributed by atoms with Gasteiger partial charge in [0.05, 0.1) is 11.4 Å². The first-order chi connectivity index (χ1) is 8.72. The molecule has 2 bridgehead atoms. The van der Waals surface area contributed by atoms with Crippen molar-refractivity contribution in [2.75, 3.05) is 5.32 Å². The van der Waals surface area contributed by atoms with Crippen LogP contribution in [0, 0.1) is 30.6 Å². The predicted molar refractivity (Wildman–Crippen MR) is 72.4 cm³/mol. The number of nitrogens with zero attached hydrogens (tertiary/aromatic N) is 2. The predicted octanol–water partition coefficient (Wildman–Crippen LogP) is 2.97. The lowest BCUT2D eigenvalue weighted by atomic mass is 9.79. The van der Waals surface area contributed by atoms with Gasteiger partial charge in [0.15, 0.2) is 0 Å². The number of hydrogen-bond donors (Lipinski definition) is 1. The molecule has 3 heteroatoms. The van der Waals surface area contributed by atoms with Gasteiger partial charge < -0.3 is 5.32 Å². The van der Waals surface area contributed by atoms with Gasteiger partial charge in [0.2, 0.25) is 0 Å². The molecule has 0 saturated heterocycles. The van der Waals surface area contributed by atoms with E-state index in [2.05, 4.69) is 23.5 Å². The minimum absolute atomic E-state index is 0.720. The Morgan fingerprint density at radius 2 is 2.06 bits per heavy atom. The highest BCUT2D eigenvalue weighted by molar-refractivity contribution is 5.47. The second-order valence-corrected chi connectivity index (χ2v) is 6.71. The van der Waals surface area contributed by atoms with Gasteiger partial charge in [-0.05, 0) is 56.3 Å². The summed E-state index contributed by atoms with van der Waals surface area (Å²) in [5.74, 6) is 4.10. The molecule has 0 radical (unpaired) electrons. The van der Waals surface area contributed by atoms with Gasteiger partial charge in [-0.25, -0.2) is 0 Å². The van der Waals surface area contributed by atoms with Crippen molar-refractivity contribution in [2.24, 2.45) is 30.7 Å². The Hall–Kier alpha value is -0.990. The third kappa shape index (κ3) is 1.45. The molecular formula is C15H23N3. The number of hydrogen-bond acceptors (Lipinski definition) is 2. The smallest absolute Gasteiger partial charge is 0.0825 e. The minimum Gasteiger partial charge on any atom is -0.379 e. The molecule has 98 valence electrons. The molecular weight excluding hydrogens is 222 g/mol. The van der Waals surface area contributed by atoms with Crippen LogP contribution in [0.4, 0.5) is 5.69 Å². The topological polar surface area (TPSA) is 29.9 Å². The fourth-order valence-corrected chi connectivity index (χ4v) is 5.18. The van der Waals surface area contributed by atoms with Crippen LogP contribution < -0.4 is 5.32 Å². The SMILES string of the molecule is Cc1nn(C)cc1NC1CC2CC1C1CCCC21. The van der Waals surface area contributed by atoms with Crippen molar-refractivity contribution in [1.82, 2.24) is 9.78 Å². The summed E-state index contributed by atoms with van der Waals surface area (Å²) in [5, 5.41) is 8.23. The lowest BCUT2D eigenvalue weighted by Crippen LogP contribution is -2.33. The van der Waals surface area contributed by atoms with Crippen molar-refractivity contribution in [3.8, 4) is 0 Å². The number of fused-ring (bicyclic) bond motifs is 5. The molecule has 0 amide bonds. The van der Waals surface area contributed by atoms with E-state index in [-0.39, 0.29) is 0 Å². The van der Waals surface area contributed by atoms with Crippen molar-refractivity contribution in [3.63, 3.8) is 0 Å². The Kier molecular flexibility index (Phi) is 2.27. The molecule has 18 heavy (non-hydrogen) atoms. The van der Waals surface area contributed by atoms with E-state index >= 15 is 0 Å². The van der Waals surface area contributed by atoms with Gasteiger partial charge in [-0.2, -0.15) is 5.10 Å². The van der Waals surface area contributed by atoms with Gasteiger partial charge in [0.25, 0.3) is 0 Å². The Morgan fingerprint density at radius 3 is 2.83 bits per heavy atom. The van der Waals surface area contributed by atoms with Crippen molar-refractivity contribution in [3.05, 3.63) is 11.9 Å². The highest BCUT2D eigenvalue weighted by Crippen LogP contribution is 2.59. The molecule has 5 atom stereocenters. The summed E-state index contributed by atoms with van der Waals surface area (Å²) in [6, 6.07) is 0.720. The number of aryl methyl sites for hydroxylation is 2. The molecule has 3 nitrogen and oxygen atoms in total. The summed E-state index contributed by atoms with van der Waals surface area (Å²) >= 11 is 0. The Morgan fingerprint density at radius 1 is 1.22 bits per heavy atom. The first kappa shape index (κ1) is 10.9. The maximum Gasteiger partial charge on any atom is 0.0825 e. The van der Waals surface area contributed by atoms with E-state index in [9.17, 15) is 0 Å². The number of anilines is 1. The van der Waals surface area contributed by atoms with Crippen LogP contribution in [-0.2, 0) is 7.05 Å². The highest BCUT2D eigenvalue weighted by atomic mass is 15.3. The van der Waals surface area contributed by atoms with Gasteiger partial charge in [-0.1, -0.05) is 6.42 Å². The molecule has 3 aliphatic rings. The monoisotopic (exact) mass is 245 g/mol. The molecule has 3 saturated carbocycles. The van der Waals surface area contributed by atoms with Crippen LogP contribution in [0.15, 0.2) is 6.20 Å². The minimum atomic E-state index is 0.720. The van der Waals surface area contributed by atoms with E-state index in [1.54, 1.807) is 0 Å². The summed E-state index contributed by atoms with van der Waals surface area (Å²) < 4.78 is 1.92. The number of nitrogens with one attached hydrogen (secondary N) is 1. The molecule has 5 unspecified atom stereocenters. The summed E-state index contributed by atoms with van der Waals surface area (Å²) in [4.78, 5) is 0. The van der Waals surface area contributed by atoms with E-state index in [1.807, 2.05) is 11.7 Å². The molecule has 0 spiro atoms. The summed E-state index contributed by atoms with van der Waals surface area (Å²) in [6.07, 6.45) is 9.53. The number of aromatic nitrogens is 2. The Balaban J connectivity index is 1.53. The third-order valence-electron chi connectivity index (χ3n) is 5.78. The zero-order chi connectivity index (χ0) is 12.3. The lowest BCUT2D eigenvalue weighted by Gasteiger charge is -2.32. The maximum atomic E-state index is 4.44. The van der Waals surface area contributed by atoms with Gasteiger partial charge in [0.1, 0.15) is 0 Å². The largest absolute Gasteiger partial charge is 0.379 e. The number of rotatable bonds is 2. The van der Waals surface area contributed by atoms with E-state index in [0.29, 0.717) is 0 Å². The molecule has 1 N–H and O–H groups in total. The maximum absolute atomic E-state index is 4.44. The lowest BCUT2D eigenvalue weighted by molar-refractivity contribution is 0.243. The van der Waals surface area contributed by atoms with Crippen LogP contribution in [0.1, 0.15) is 37.8 Å². The normalized spacial score (nSPS) is 41.3. The van der Waals surface area contributed by atoms with E-state index in [0.717, 1.165) is 35.4 Å². The molecule has 3 fully saturated rings. The van der Waals surface area contributed by atoms with Gasteiger partial charge >= 0.3 is 0 Å². The Labute approximate surface area is 109 Å². The first-order valence-corrected chi connectivity index (χ1v) is 7.49. The van der Waals surface area contributed by atoms with Crippen LogP contribution in [-0.4, -0.2) is 15.8 Å². The Bertz CT molecular complexity index is 464. The van der Waals surface area contributed by atoms with Crippen LogP contribution in [0.5, 0.6) is 0 Å². The zero-order valence-corrected chi connectivity index (χ0v) is 11.4. The summed E-state index contributed by atoms with van der Waals surface area (Å²) in [7, 11) is 2.01. The molecule has 1 aromatic rings. The average molecular weight is 245 g/mol. The molecule has 0 aliphatic heterocycles. The van der Waals surface area contributed by atoms with Gasteiger partial charge in [0, 0.05) is 19.3 Å². The zero-order valence-electron chi connectivity index (χ0n) is 11.4. The van der Waals surface area contributed by atoms with Crippen molar-refractivity contribution < 1.29 is 0 Å². The standard InChI is InChI=1S/C15H23N3/c1-9-15(8-18(2)17-9)16-14-7-10-6-13(14)12-5-3-4-11(10)12/h8,10-14,16H,3-7H2,1-2H3. The van der Waals surface area contributed by atoms with Gasteiger partial charge in [-0.15, -0.1) is 0 Å². The molecule has 3 aliphatic carbocycles. The fraction of sp³-hybridized carbons (Fsp3) is 0.800. The molecule has 0 aromatic carbocycles. The summed E-state index contributed by atoms with van der Waals surface area (Å²) in [5.41, 5.74) is 2.40. The second-order valence-electron chi connectivity index (χ2n) is 6.71.